The predicted octanol–water partition coefficient (Wildman–Crippen LogP) is 2.88. The van der Waals surface area contributed by atoms with Crippen LogP contribution in [0, 0.1) is 5.92 Å². The fraction of sp³-hybridized carbons (Fsp3) is 0.462. The topological polar surface area (TPSA) is 49.3 Å². The Bertz CT molecular complexity index is 450. The molecule has 1 aliphatic carbocycles. The van der Waals surface area contributed by atoms with Gasteiger partial charge in [0.05, 0.1) is 5.02 Å². The average Bonchev–Trinajstić information content (AvgIpc) is 3.17. The monoisotopic (exact) mass is 285 g/mol. The molecule has 1 fully saturated rings. The SMILES string of the molecule is CNC(CSc1ccccc1Cl)(C(=O)O)C1CC1. The quantitative estimate of drug-likeness (QED) is 0.789. The number of carboxylic acid groups (broad SMARTS) is 1. The van der Waals surface area contributed by atoms with E-state index in [1.54, 1.807) is 7.05 Å². The molecule has 5 heteroatoms. The maximum Gasteiger partial charge on any atom is 0.325 e. The molecule has 1 aromatic carbocycles. The largest absolute Gasteiger partial charge is 0.480 e. The summed E-state index contributed by atoms with van der Waals surface area (Å²) in [5, 5.41) is 13.2. The minimum absolute atomic E-state index is 0.231. The Morgan fingerprint density at radius 2 is 2.22 bits per heavy atom. The number of likely N-dealkylation sites (N-methyl/N-ethyl adjacent to an activating group) is 1. The number of nitrogens with one attached hydrogen (secondary N) is 1. The molecule has 1 unspecified atom stereocenters. The lowest BCUT2D eigenvalue weighted by molar-refractivity contribution is -0.144. The van der Waals surface area contributed by atoms with E-state index in [1.807, 2.05) is 24.3 Å². The van der Waals surface area contributed by atoms with E-state index in [-0.39, 0.29) is 5.92 Å². The first-order valence-electron chi connectivity index (χ1n) is 5.90. The average molecular weight is 286 g/mol. The second kappa shape index (κ2) is 5.51. The Morgan fingerprint density at radius 1 is 1.56 bits per heavy atom. The highest BCUT2D eigenvalue weighted by Crippen LogP contribution is 2.43. The van der Waals surface area contributed by atoms with Gasteiger partial charge in [0.1, 0.15) is 5.54 Å². The van der Waals surface area contributed by atoms with Gasteiger partial charge in [-0.25, -0.2) is 0 Å². The third kappa shape index (κ3) is 2.66. The Balaban J connectivity index is 2.11. The lowest BCUT2D eigenvalue weighted by Crippen LogP contribution is -2.54. The van der Waals surface area contributed by atoms with Crippen LogP contribution < -0.4 is 5.32 Å². The van der Waals surface area contributed by atoms with Gasteiger partial charge in [0.25, 0.3) is 0 Å². The first-order chi connectivity index (χ1) is 8.60. The molecule has 1 aromatic rings. The van der Waals surface area contributed by atoms with Crippen LogP contribution in [0.3, 0.4) is 0 Å². The first-order valence-corrected chi connectivity index (χ1v) is 7.26. The molecule has 0 spiro atoms. The third-order valence-corrected chi connectivity index (χ3v) is 5.10. The van der Waals surface area contributed by atoms with Crippen LogP contribution in [0.15, 0.2) is 29.2 Å². The summed E-state index contributed by atoms with van der Waals surface area (Å²) in [6.07, 6.45) is 1.96. The van der Waals surface area contributed by atoms with E-state index in [4.69, 9.17) is 11.6 Å². The second-order valence-electron chi connectivity index (χ2n) is 4.52. The van der Waals surface area contributed by atoms with Crippen molar-refractivity contribution in [2.75, 3.05) is 12.8 Å². The number of hydrogen-bond donors (Lipinski definition) is 2. The lowest BCUT2D eigenvalue weighted by Gasteiger charge is -2.28. The molecule has 1 atom stereocenters. The summed E-state index contributed by atoms with van der Waals surface area (Å²) >= 11 is 7.58. The van der Waals surface area contributed by atoms with E-state index in [2.05, 4.69) is 5.32 Å². The molecule has 0 bridgehead atoms. The highest BCUT2D eigenvalue weighted by atomic mass is 35.5. The van der Waals surface area contributed by atoms with Crippen LogP contribution >= 0.6 is 23.4 Å². The van der Waals surface area contributed by atoms with Crippen molar-refractivity contribution in [3.63, 3.8) is 0 Å². The van der Waals surface area contributed by atoms with E-state index in [9.17, 15) is 9.90 Å². The van der Waals surface area contributed by atoms with E-state index < -0.39 is 11.5 Å². The van der Waals surface area contributed by atoms with Crippen molar-refractivity contribution >= 4 is 29.3 Å². The molecule has 0 amide bonds. The first kappa shape index (κ1) is 13.7. The summed E-state index contributed by atoms with van der Waals surface area (Å²) < 4.78 is 0. The molecular weight excluding hydrogens is 270 g/mol. The van der Waals surface area contributed by atoms with Gasteiger partial charge < -0.3 is 10.4 Å². The summed E-state index contributed by atoms with van der Waals surface area (Å²) in [4.78, 5) is 12.5. The van der Waals surface area contributed by atoms with Gasteiger partial charge >= 0.3 is 5.97 Å². The number of halogens is 1. The fourth-order valence-corrected chi connectivity index (χ4v) is 3.63. The third-order valence-electron chi connectivity index (χ3n) is 3.39. The number of hydrogen-bond acceptors (Lipinski definition) is 3. The number of carboxylic acids is 1. The highest BCUT2D eigenvalue weighted by molar-refractivity contribution is 7.99. The Morgan fingerprint density at radius 3 is 2.72 bits per heavy atom. The summed E-state index contributed by atoms with van der Waals surface area (Å²) in [6.45, 7) is 0. The van der Waals surface area contributed by atoms with Crippen molar-refractivity contribution < 1.29 is 9.90 Å². The van der Waals surface area contributed by atoms with Crippen molar-refractivity contribution in [3.8, 4) is 0 Å². The molecular formula is C13H16ClNO2S. The summed E-state index contributed by atoms with van der Waals surface area (Å²) in [6, 6.07) is 7.52. The Labute approximate surface area is 116 Å². The van der Waals surface area contributed by atoms with Crippen molar-refractivity contribution in [1.29, 1.82) is 0 Å². The van der Waals surface area contributed by atoms with Gasteiger partial charge in [-0.1, -0.05) is 23.7 Å². The van der Waals surface area contributed by atoms with Gasteiger partial charge in [0.2, 0.25) is 0 Å². The molecule has 1 aliphatic rings. The molecule has 0 heterocycles. The van der Waals surface area contributed by atoms with E-state index in [1.165, 1.54) is 11.8 Å². The second-order valence-corrected chi connectivity index (χ2v) is 5.94. The molecule has 2 rings (SSSR count). The van der Waals surface area contributed by atoms with Gasteiger partial charge in [-0.3, -0.25) is 4.79 Å². The van der Waals surface area contributed by atoms with Crippen LogP contribution in [0.2, 0.25) is 5.02 Å². The van der Waals surface area contributed by atoms with Gasteiger partial charge in [-0.05, 0) is 37.9 Å². The Hall–Kier alpha value is -0.710. The van der Waals surface area contributed by atoms with Crippen LogP contribution in [0.25, 0.3) is 0 Å². The van der Waals surface area contributed by atoms with Crippen LogP contribution in [0.5, 0.6) is 0 Å². The number of aliphatic carboxylic acids is 1. The zero-order valence-electron chi connectivity index (χ0n) is 10.1. The summed E-state index contributed by atoms with van der Waals surface area (Å²) in [5.41, 5.74) is -0.830. The molecule has 18 heavy (non-hydrogen) atoms. The van der Waals surface area contributed by atoms with Crippen LogP contribution in [-0.2, 0) is 4.79 Å². The number of thioether (sulfide) groups is 1. The minimum Gasteiger partial charge on any atom is -0.480 e. The smallest absolute Gasteiger partial charge is 0.325 e. The van der Waals surface area contributed by atoms with E-state index in [0.717, 1.165) is 17.7 Å². The molecule has 0 saturated heterocycles. The van der Waals surface area contributed by atoms with Crippen molar-refractivity contribution in [1.82, 2.24) is 5.32 Å². The summed E-state index contributed by atoms with van der Waals surface area (Å²) in [5.74, 6) is -0.0465. The maximum atomic E-state index is 11.5. The normalized spacial score (nSPS) is 18.3. The van der Waals surface area contributed by atoms with Crippen LogP contribution in [0.4, 0.5) is 0 Å². The number of benzene rings is 1. The van der Waals surface area contributed by atoms with Crippen molar-refractivity contribution in [3.05, 3.63) is 29.3 Å². The Kier molecular flexibility index (Phi) is 4.20. The zero-order valence-corrected chi connectivity index (χ0v) is 11.7. The van der Waals surface area contributed by atoms with E-state index in [0.29, 0.717) is 10.8 Å². The molecule has 0 radical (unpaired) electrons. The van der Waals surface area contributed by atoms with Gasteiger partial charge in [0.15, 0.2) is 0 Å². The predicted molar refractivity (Wildman–Crippen MR) is 74.3 cm³/mol. The molecule has 0 aromatic heterocycles. The van der Waals surface area contributed by atoms with Crippen LogP contribution in [0.1, 0.15) is 12.8 Å². The van der Waals surface area contributed by atoms with E-state index >= 15 is 0 Å². The molecule has 0 aliphatic heterocycles. The standard InChI is InChI=1S/C13H16ClNO2S/c1-15-13(12(16)17,9-6-7-9)8-18-11-5-3-2-4-10(11)14/h2-5,9,15H,6-8H2,1H3,(H,16,17). The molecule has 98 valence electrons. The van der Waals surface area contributed by atoms with Gasteiger partial charge in [-0.15, -0.1) is 11.8 Å². The minimum atomic E-state index is -0.830. The maximum absolute atomic E-state index is 11.5. The molecule has 1 saturated carbocycles. The van der Waals surface area contributed by atoms with Crippen LogP contribution in [-0.4, -0.2) is 29.4 Å². The zero-order chi connectivity index (χ0) is 13.2. The van der Waals surface area contributed by atoms with Gasteiger partial charge in [-0.2, -0.15) is 0 Å². The van der Waals surface area contributed by atoms with Crippen molar-refractivity contribution in [2.45, 2.75) is 23.3 Å². The number of carbonyl (C=O) groups is 1. The molecule has 2 N–H and O–H groups in total. The molecule has 3 nitrogen and oxygen atoms in total. The number of rotatable bonds is 6. The summed E-state index contributed by atoms with van der Waals surface area (Å²) in [7, 11) is 1.72. The lowest BCUT2D eigenvalue weighted by atomic mass is 9.96. The highest BCUT2D eigenvalue weighted by Gasteiger charge is 2.50. The van der Waals surface area contributed by atoms with Gasteiger partial charge in [0, 0.05) is 10.6 Å². The van der Waals surface area contributed by atoms with Crippen molar-refractivity contribution in [2.24, 2.45) is 5.92 Å². The fourth-order valence-electron chi connectivity index (χ4n) is 2.07.